The van der Waals surface area contributed by atoms with Crippen LogP contribution in [0.3, 0.4) is 0 Å². The van der Waals surface area contributed by atoms with Crippen molar-refractivity contribution in [3.05, 3.63) is 35.1 Å². The first kappa shape index (κ1) is 16.2. The van der Waals surface area contributed by atoms with Gasteiger partial charge in [-0.1, -0.05) is 32.6 Å². The Bertz CT molecular complexity index is 529. The first-order chi connectivity index (χ1) is 9.45. The summed E-state index contributed by atoms with van der Waals surface area (Å²) in [4.78, 5) is 12.1. The Labute approximate surface area is 119 Å². The molecule has 0 heterocycles. The second-order valence-corrected chi connectivity index (χ2v) is 5.13. The number of halogens is 1. The summed E-state index contributed by atoms with van der Waals surface area (Å²) >= 11 is 0. The molecule has 1 aromatic rings. The maximum atomic E-state index is 13.3. The summed E-state index contributed by atoms with van der Waals surface area (Å²) in [7, 11) is 0. The molecule has 3 N–H and O–H groups in total. The fourth-order valence-corrected chi connectivity index (χ4v) is 1.54. The van der Waals surface area contributed by atoms with Crippen LogP contribution >= 0.6 is 0 Å². The van der Waals surface area contributed by atoms with Crippen LogP contribution in [-0.2, 0) is 0 Å². The van der Waals surface area contributed by atoms with E-state index in [1.807, 2.05) is 0 Å². The second-order valence-electron chi connectivity index (χ2n) is 5.13. The van der Waals surface area contributed by atoms with E-state index in [-0.39, 0.29) is 18.0 Å². The molecule has 0 radical (unpaired) electrons. The lowest BCUT2D eigenvalue weighted by Crippen LogP contribution is -2.30. The Hall–Kier alpha value is -1.86. The van der Waals surface area contributed by atoms with Crippen molar-refractivity contribution in [2.75, 3.05) is 13.1 Å². The summed E-state index contributed by atoms with van der Waals surface area (Å²) in [6.45, 7) is 7.00. The molecule has 0 aromatic heterocycles. The minimum Gasteiger partial charge on any atom is -0.352 e. The number of carbonyl (C=O) groups is 1. The van der Waals surface area contributed by atoms with Crippen LogP contribution in [0, 0.1) is 29.5 Å². The number of benzene rings is 1. The first-order valence-electron chi connectivity index (χ1n) is 6.72. The highest BCUT2D eigenvalue weighted by Gasteiger charge is 2.14. The summed E-state index contributed by atoms with van der Waals surface area (Å²) in [5.74, 6) is 5.53. The van der Waals surface area contributed by atoms with E-state index >= 15 is 0 Å². The van der Waals surface area contributed by atoms with Crippen LogP contribution in [0.15, 0.2) is 18.2 Å². The van der Waals surface area contributed by atoms with Crippen LogP contribution < -0.4 is 11.1 Å². The quantitative estimate of drug-likeness (QED) is 0.828. The normalized spacial score (nSPS) is 11.7. The standard InChI is InChI=1S/C16H21FN2O/c1-11(2)12(3)10-19-16(20)15-9-14(17)7-6-13(15)5-4-8-18/h6-7,9,11-12H,8,10,18H2,1-3H3,(H,19,20). The van der Waals surface area contributed by atoms with Gasteiger partial charge in [0, 0.05) is 12.1 Å². The van der Waals surface area contributed by atoms with Gasteiger partial charge >= 0.3 is 0 Å². The zero-order chi connectivity index (χ0) is 15.1. The number of nitrogens with one attached hydrogen (secondary N) is 1. The molecule has 0 saturated heterocycles. The number of hydrogen-bond donors (Lipinski definition) is 2. The van der Waals surface area contributed by atoms with Crippen molar-refractivity contribution in [1.82, 2.24) is 5.32 Å². The first-order valence-corrected chi connectivity index (χ1v) is 6.72. The van der Waals surface area contributed by atoms with Gasteiger partial charge in [-0.2, -0.15) is 0 Å². The van der Waals surface area contributed by atoms with E-state index in [1.165, 1.54) is 18.2 Å². The van der Waals surface area contributed by atoms with E-state index in [9.17, 15) is 9.18 Å². The monoisotopic (exact) mass is 276 g/mol. The van der Waals surface area contributed by atoms with Crippen LogP contribution in [0.25, 0.3) is 0 Å². The zero-order valence-electron chi connectivity index (χ0n) is 12.2. The Balaban J connectivity index is 2.88. The third kappa shape index (κ3) is 4.67. The van der Waals surface area contributed by atoms with E-state index in [0.29, 0.717) is 23.9 Å². The van der Waals surface area contributed by atoms with Crippen molar-refractivity contribution < 1.29 is 9.18 Å². The van der Waals surface area contributed by atoms with Gasteiger partial charge in [0.15, 0.2) is 0 Å². The predicted octanol–water partition coefficient (Wildman–Crippen LogP) is 2.16. The van der Waals surface area contributed by atoms with Gasteiger partial charge in [-0.05, 0) is 30.0 Å². The number of nitrogens with two attached hydrogens (primary N) is 1. The highest BCUT2D eigenvalue weighted by atomic mass is 19.1. The van der Waals surface area contributed by atoms with Crippen molar-refractivity contribution >= 4 is 5.91 Å². The van der Waals surface area contributed by atoms with Crippen LogP contribution in [0.4, 0.5) is 4.39 Å². The second kappa shape index (κ2) is 7.66. The van der Waals surface area contributed by atoms with Gasteiger partial charge in [0.1, 0.15) is 5.82 Å². The van der Waals surface area contributed by atoms with Crippen LogP contribution in [0.1, 0.15) is 36.7 Å². The lowest BCUT2D eigenvalue weighted by Gasteiger charge is -2.16. The Kier molecular flexibility index (Phi) is 6.20. The molecular formula is C16H21FN2O. The molecule has 0 saturated carbocycles. The molecule has 1 atom stereocenters. The maximum absolute atomic E-state index is 13.3. The molecule has 108 valence electrons. The molecule has 20 heavy (non-hydrogen) atoms. The van der Waals surface area contributed by atoms with Gasteiger partial charge in [-0.3, -0.25) is 4.79 Å². The Morgan fingerprint density at radius 1 is 1.40 bits per heavy atom. The molecule has 1 amide bonds. The van der Waals surface area contributed by atoms with Crippen molar-refractivity contribution in [2.24, 2.45) is 17.6 Å². The van der Waals surface area contributed by atoms with E-state index in [0.717, 1.165) is 0 Å². The topological polar surface area (TPSA) is 55.1 Å². The van der Waals surface area contributed by atoms with Crippen molar-refractivity contribution in [3.8, 4) is 11.8 Å². The number of rotatable bonds is 4. The SMILES string of the molecule is CC(C)C(C)CNC(=O)c1cc(F)ccc1C#CCN. The lowest BCUT2D eigenvalue weighted by molar-refractivity contribution is 0.0944. The third-order valence-electron chi connectivity index (χ3n) is 3.27. The van der Waals surface area contributed by atoms with Gasteiger partial charge in [0.05, 0.1) is 12.1 Å². The molecule has 1 unspecified atom stereocenters. The fraction of sp³-hybridized carbons (Fsp3) is 0.438. The molecule has 4 heteroatoms. The molecule has 0 aliphatic rings. The van der Waals surface area contributed by atoms with Crippen molar-refractivity contribution in [1.29, 1.82) is 0 Å². The minimum atomic E-state index is -0.453. The molecule has 0 bridgehead atoms. The fourth-order valence-electron chi connectivity index (χ4n) is 1.54. The Morgan fingerprint density at radius 2 is 2.10 bits per heavy atom. The average molecular weight is 276 g/mol. The van der Waals surface area contributed by atoms with E-state index in [1.54, 1.807) is 0 Å². The molecule has 1 aromatic carbocycles. The molecule has 3 nitrogen and oxygen atoms in total. The largest absolute Gasteiger partial charge is 0.352 e. The molecule has 0 aliphatic carbocycles. The number of carbonyl (C=O) groups excluding carboxylic acids is 1. The smallest absolute Gasteiger partial charge is 0.252 e. The summed E-state index contributed by atoms with van der Waals surface area (Å²) in [6, 6.07) is 3.99. The molecule has 0 fully saturated rings. The lowest BCUT2D eigenvalue weighted by atomic mass is 9.98. The van der Waals surface area contributed by atoms with Gasteiger partial charge < -0.3 is 11.1 Å². The van der Waals surface area contributed by atoms with E-state index in [2.05, 4.69) is 37.9 Å². The maximum Gasteiger partial charge on any atom is 0.252 e. The highest BCUT2D eigenvalue weighted by molar-refractivity contribution is 5.96. The number of amides is 1. The van der Waals surface area contributed by atoms with Crippen LogP contribution in [0.5, 0.6) is 0 Å². The van der Waals surface area contributed by atoms with Crippen molar-refractivity contribution in [2.45, 2.75) is 20.8 Å². The molecular weight excluding hydrogens is 255 g/mol. The Morgan fingerprint density at radius 3 is 2.70 bits per heavy atom. The summed E-state index contributed by atoms with van der Waals surface area (Å²) < 4.78 is 13.3. The van der Waals surface area contributed by atoms with E-state index in [4.69, 9.17) is 5.73 Å². The third-order valence-corrected chi connectivity index (χ3v) is 3.27. The summed E-state index contributed by atoms with van der Waals surface area (Å²) in [6.07, 6.45) is 0. The predicted molar refractivity (Wildman–Crippen MR) is 78.7 cm³/mol. The molecule has 1 rings (SSSR count). The van der Waals surface area contributed by atoms with Gasteiger partial charge in [-0.15, -0.1) is 0 Å². The zero-order valence-corrected chi connectivity index (χ0v) is 12.2. The van der Waals surface area contributed by atoms with Crippen LogP contribution in [-0.4, -0.2) is 19.0 Å². The van der Waals surface area contributed by atoms with Gasteiger partial charge in [0.2, 0.25) is 0 Å². The van der Waals surface area contributed by atoms with Crippen molar-refractivity contribution in [3.63, 3.8) is 0 Å². The molecule has 0 spiro atoms. The number of hydrogen-bond acceptors (Lipinski definition) is 2. The summed E-state index contributed by atoms with van der Waals surface area (Å²) in [5.41, 5.74) is 6.06. The van der Waals surface area contributed by atoms with Gasteiger partial charge in [-0.25, -0.2) is 4.39 Å². The minimum absolute atomic E-state index is 0.197. The van der Waals surface area contributed by atoms with Crippen LogP contribution in [0.2, 0.25) is 0 Å². The summed E-state index contributed by atoms with van der Waals surface area (Å²) in [5, 5.41) is 2.82. The van der Waals surface area contributed by atoms with E-state index < -0.39 is 5.82 Å². The van der Waals surface area contributed by atoms with Gasteiger partial charge in [0.25, 0.3) is 5.91 Å². The highest BCUT2D eigenvalue weighted by Crippen LogP contribution is 2.12. The average Bonchev–Trinajstić information content (AvgIpc) is 2.42. The molecule has 0 aliphatic heterocycles.